The Bertz CT molecular complexity index is 626. The molecule has 2 aliphatic heterocycles. The normalized spacial score (nSPS) is 18.4. The lowest BCUT2D eigenvalue weighted by atomic mass is 9.97. The maximum absolute atomic E-state index is 12.4. The second-order valence-electron chi connectivity index (χ2n) is 7.07. The van der Waals surface area contributed by atoms with Gasteiger partial charge < -0.3 is 19.9 Å². The van der Waals surface area contributed by atoms with Crippen molar-refractivity contribution in [3.8, 4) is 5.75 Å². The van der Waals surface area contributed by atoms with Crippen LogP contribution in [0.25, 0.3) is 0 Å². The maximum atomic E-state index is 12.4. The van der Waals surface area contributed by atoms with E-state index in [4.69, 9.17) is 4.74 Å². The number of hydrogen-bond acceptors (Lipinski definition) is 4. The van der Waals surface area contributed by atoms with Gasteiger partial charge in [0.05, 0.1) is 0 Å². The van der Waals surface area contributed by atoms with E-state index in [-0.39, 0.29) is 18.4 Å². The summed E-state index contributed by atoms with van der Waals surface area (Å²) in [5.41, 5.74) is 0.849. The molecule has 2 aliphatic rings. The highest BCUT2D eigenvalue weighted by molar-refractivity contribution is 5.95. The zero-order valence-corrected chi connectivity index (χ0v) is 15.6. The largest absolute Gasteiger partial charge is 0.484 e. The second-order valence-corrected chi connectivity index (χ2v) is 7.07. The van der Waals surface area contributed by atoms with Gasteiger partial charge in [-0.05, 0) is 50.4 Å². The van der Waals surface area contributed by atoms with Gasteiger partial charge in [0.25, 0.3) is 5.91 Å². The summed E-state index contributed by atoms with van der Waals surface area (Å²) in [5, 5.41) is 3.38. The third kappa shape index (κ3) is 4.75. The van der Waals surface area contributed by atoms with Crippen molar-refractivity contribution in [3.05, 3.63) is 24.3 Å². The molecular formula is C20H29N3O3. The Hall–Kier alpha value is -2.08. The van der Waals surface area contributed by atoms with Crippen molar-refractivity contribution in [2.45, 2.75) is 32.6 Å². The Balaban J connectivity index is 1.47. The summed E-state index contributed by atoms with van der Waals surface area (Å²) in [6, 6.07) is 7.46. The minimum Gasteiger partial charge on any atom is -0.484 e. The number of likely N-dealkylation sites (tertiary alicyclic amines) is 1. The SMILES string of the molecule is CCNCC1CCN(C(=O)COc2cccc(N3CCCC3=O)c2)CC1. The molecule has 2 heterocycles. The van der Waals surface area contributed by atoms with Crippen LogP contribution in [0.1, 0.15) is 32.6 Å². The highest BCUT2D eigenvalue weighted by Gasteiger charge is 2.24. The molecular weight excluding hydrogens is 330 g/mol. The zero-order chi connectivity index (χ0) is 18.4. The number of nitrogens with zero attached hydrogens (tertiary/aromatic N) is 2. The van der Waals surface area contributed by atoms with E-state index in [9.17, 15) is 9.59 Å². The third-order valence-corrected chi connectivity index (χ3v) is 5.22. The molecule has 0 atom stereocenters. The molecule has 1 N–H and O–H groups in total. The minimum absolute atomic E-state index is 0.0366. The van der Waals surface area contributed by atoms with E-state index < -0.39 is 0 Å². The van der Waals surface area contributed by atoms with Gasteiger partial charge in [-0.25, -0.2) is 0 Å². The van der Waals surface area contributed by atoms with Crippen LogP contribution in [0.3, 0.4) is 0 Å². The molecule has 6 nitrogen and oxygen atoms in total. The van der Waals surface area contributed by atoms with Crippen LogP contribution in [0.15, 0.2) is 24.3 Å². The number of nitrogens with one attached hydrogen (secondary N) is 1. The summed E-state index contributed by atoms with van der Waals surface area (Å²) in [6.45, 7) is 6.57. The highest BCUT2D eigenvalue weighted by atomic mass is 16.5. The molecule has 0 radical (unpaired) electrons. The quantitative estimate of drug-likeness (QED) is 0.809. The summed E-state index contributed by atoms with van der Waals surface area (Å²) < 4.78 is 5.71. The Kier molecular flexibility index (Phi) is 6.50. The van der Waals surface area contributed by atoms with Gasteiger partial charge in [0, 0.05) is 37.8 Å². The molecule has 26 heavy (non-hydrogen) atoms. The molecule has 0 spiro atoms. The fourth-order valence-electron chi connectivity index (χ4n) is 3.63. The average Bonchev–Trinajstić information content (AvgIpc) is 3.11. The van der Waals surface area contributed by atoms with Crippen molar-refractivity contribution in [2.75, 3.05) is 44.2 Å². The summed E-state index contributed by atoms with van der Waals surface area (Å²) >= 11 is 0. The van der Waals surface area contributed by atoms with Crippen LogP contribution in [0.4, 0.5) is 5.69 Å². The number of hydrogen-bond donors (Lipinski definition) is 1. The summed E-state index contributed by atoms with van der Waals surface area (Å²) in [7, 11) is 0. The molecule has 0 bridgehead atoms. The molecule has 1 aromatic carbocycles. The molecule has 2 saturated heterocycles. The predicted molar refractivity (Wildman–Crippen MR) is 101 cm³/mol. The number of benzene rings is 1. The fourth-order valence-corrected chi connectivity index (χ4v) is 3.63. The summed E-state index contributed by atoms with van der Waals surface area (Å²) in [6.07, 6.45) is 3.59. The molecule has 1 aromatic rings. The summed E-state index contributed by atoms with van der Waals surface area (Å²) in [4.78, 5) is 28.0. The van der Waals surface area contributed by atoms with E-state index in [1.165, 1.54) is 0 Å². The molecule has 0 aromatic heterocycles. The van der Waals surface area contributed by atoms with Crippen LogP contribution < -0.4 is 15.0 Å². The Morgan fingerprint density at radius 1 is 1.27 bits per heavy atom. The first-order chi connectivity index (χ1) is 12.7. The number of carbonyl (C=O) groups excluding carboxylic acids is 2. The van der Waals surface area contributed by atoms with Crippen molar-refractivity contribution in [1.82, 2.24) is 10.2 Å². The smallest absolute Gasteiger partial charge is 0.260 e. The van der Waals surface area contributed by atoms with Crippen molar-refractivity contribution in [1.29, 1.82) is 0 Å². The molecule has 2 fully saturated rings. The van der Waals surface area contributed by atoms with Crippen LogP contribution in [-0.4, -0.2) is 56.0 Å². The molecule has 3 rings (SSSR count). The molecule has 0 unspecified atom stereocenters. The molecule has 0 aliphatic carbocycles. The predicted octanol–water partition coefficient (Wildman–Crippen LogP) is 2.04. The molecule has 0 saturated carbocycles. The number of amides is 2. The third-order valence-electron chi connectivity index (χ3n) is 5.22. The van der Waals surface area contributed by atoms with E-state index in [0.29, 0.717) is 18.1 Å². The second kappa shape index (κ2) is 9.03. The van der Waals surface area contributed by atoms with Gasteiger partial charge in [-0.3, -0.25) is 9.59 Å². The lowest BCUT2D eigenvalue weighted by Crippen LogP contribution is -2.42. The number of carbonyl (C=O) groups is 2. The van der Waals surface area contributed by atoms with E-state index >= 15 is 0 Å². The molecule has 2 amide bonds. The Morgan fingerprint density at radius 3 is 2.77 bits per heavy atom. The van der Waals surface area contributed by atoms with E-state index in [1.807, 2.05) is 29.2 Å². The lowest BCUT2D eigenvalue weighted by molar-refractivity contribution is -0.134. The first-order valence-electron chi connectivity index (χ1n) is 9.69. The lowest BCUT2D eigenvalue weighted by Gasteiger charge is -2.32. The first kappa shape index (κ1) is 18.7. The van der Waals surface area contributed by atoms with Gasteiger partial charge in [0.1, 0.15) is 5.75 Å². The van der Waals surface area contributed by atoms with Gasteiger partial charge in [-0.1, -0.05) is 13.0 Å². The van der Waals surface area contributed by atoms with Crippen LogP contribution in [0.5, 0.6) is 5.75 Å². The van der Waals surface area contributed by atoms with Gasteiger partial charge in [0.15, 0.2) is 6.61 Å². The zero-order valence-electron chi connectivity index (χ0n) is 15.6. The number of anilines is 1. The molecule has 6 heteroatoms. The van der Waals surface area contributed by atoms with Gasteiger partial charge in [-0.15, -0.1) is 0 Å². The minimum atomic E-state index is 0.0366. The number of ether oxygens (including phenoxy) is 1. The molecule has 142 valence electrons. The van der Waals surface area contributed by atoms with Crippen molar-refractivity contribution < 1.29 is 14.3 Å². The van der Waals surface area contributed by atoms with Crippen molar-refractivity contribution >= 4 is 17.5 Å². The van der Waals surface area contributed by atoms with Crippen LogP contribution in [0, 0.1) is 5.92 Å². The number of piperidine rings is 1. The topological polar surface area (TPSA) is 61.9 Å². The van der Waals surface area contributed by atoms with E-state index in [2.05, 4.69) is 12.2 Å². The Labute approximate surface area is 155 Å². The van der Waals surface area contributed by atoms with Gasteiger partial charge >= 0.3 is 0 Å². The maximum Gasteiger partial charge on any atom is 0.260 e. The van der Waals surface area contributed by atoms with Crippen LogP contribution in [0.2, 0.25) is 0 Å². The van der Waals surface area contributed by atoms with Crippen molar-refractivity contribution in [3.63, 3.8) is 0 Å². The summed E-state index contributed by atoms with van der Waals surface area (Å²) in [5.74, 6) is 1.49. The highest BCUT2D eigenvalue weighted by Crippen LogP contribution is 2.25. The van der Waals surface area contributed by atoms with E-state index in [0.717, 1.165) is 57.7 Å². The standard InChI is InChI=1S/C20H29N3O3/c1-2-21-14-16-8-11-22(12-9-16)20(25)15-26-18-6-3-5-17(13-18)23-10-4-7-19(23)24/h3,5-6,13,16,21H,2,4,7-12,14-15H2,1H3. The number of rotatable bonds is 7. The fraction of sp³-hybridized carbons (Fsp3) is 0.600. The van der Waals surface area contributed by atoms with Gasteiger partial charge in [-0.2, -0.15) is 0 Å². The Morgan fingerprint density at radius 2 is 2.08 bits per heavy atom. The van der Waals surface area contributed by atoms with E-state index in [1.54, 1.807) is 4.90 Å². The van der Waals surface area contributed by atoms with Crippen molar-refractivity contribution in [2.24, 2.45) is 5.92 Å². The van der Waals surface area contributed by atoms with Crippen LogP contribution in [-0.2, 0) is 9.59 Å². The average molecular weight is 359 g/mol. The van der Waals surface area contributed by atoms with Crippen LogP contribution >= 0.6 is 0 Å². The monoisotopic (exact) mass is 359 g/mol. The van der Waals surface area contributed by atoms with Gasteiger partial charge in [0.2, 0.25) is 5.91 Å². The first-order valence-corrected chi connectivity index (χ1v) is 9.69.